The van der Waals surface area contributed by atoms with E-state index in [0.717, 1.165) is 32.7 Å². The van der Waals surface area contributed by atoms with Crippen molar-refractivity contribution >= 4 is 43.8 Å². The van der Waals surface area contributed by atoms with E-state index < -0.39 is 52.2 Å². The van der Waals surface area contributed by atoms with Crippen molar-refractivity contribution in [2.45, 2.75) is 30.7 Å². The number of imidazole rings is 1. The molecule has 0 amide bonds. The molecule has 4 fully saturated rings. The lowest BCUT2D eigenvalue weighted by Crippen LogP contribution is -2.63. The number of fused-ring (bicyclic) bond motifs is 4. The quantitative estimate of drug-likeness (QED) is 0.163. The molecule has 0 aliphatic carbocycles. The van der Waals surface area contributed by atoms with Crippen LogP contribution in [0.1, 0.15) is 6.23 Å². The third-order valence-electron chi connectivity index (χ3n) is 6.39. The second-order valence-corrected chi connectivity index (χ2v) is 13.3. The number of hydrogen-bond acceptors (Lipinski definition) is 12. The van der Waals surface area contributed by atoms with Gasteiger partial charge in [-0.3, -0.25) is 23.5 Å². The van der Waals surface area contributed by atoms with Crippen LogP contribution >= 0.6 is 26.8 Å². The van der Waals surface area contributed by atoms with E-state index in [1.165, 1.54) is 10.9 Å². The van der Waals surface area contributed by atoms with E-state index in [0.29, 0.717) is 11.3 Å². The Morgan fingerprint density at radius 1 is 1.14 bits per heavy atom. The van der Waals surface area contributed by atoms with Crippen molar-refractivity contribution in [3.8, 4) is 0 Å². The van der Waals surface area contributed by atoms with Crippen LogP contribution in [0.15, 0.2) is 6.33 Å². The number of piperazine rings is 3. The molecular weight excluding hydrogens is 544 g/mol. The van der Waals surface area contributed by atoms with Crippen LogP contribution in [0, 0.1) is 0 Å². The number of nitrogens with zero attached hydrogens (tertiary/aromatic N) is 6. The van der Waals surface area contributed by atoms with Crippen LogP contribution in [-0.2, 0) is 18.4 Å². The van der Waals surface area contributed by atoms with Gasteiger partial charge in [-0.2, -0.15) is 9.97 Å². The van der Waals surface area contributed by atoms with Gasteiger partial charge in [0, 0.05) is 32.7 Å². The highest BCUT2D eigenvalue weighted by Crippen LogP contribution is 2.55. The molecule has 4 aliphatic rings. The molecule has 19 heteroatoms. The summed E-state index contributed by atoms with van der Waals surface area (Å²) in [5.41, 5.74) is 0.587. The predicted octanol–water partition coefficient (Wildman–Crippen LogP) is -1.19. The third-order valence-corrected chi connectivity index (χ3v) is 10.0. The molecule has 16 nitrogen and oxygen atoms in total. The fourth-order valence-corrected chi connectivity index (χ4v) is 7.38. The van der Waals surface area contributed by atoms with E-state index in [1.807, 2.05) is 0 Å². The minimum absolute atomic E-state index is 0.00538. The van der Waals surface area contributed by atoms with Crippen LogP contribution in [0.25, 0.3) is 11.2 Å². The summed E-state index contributed by atoms with van der Waals surface area (Å²) in [5.74, 6) is -0.989. The standard InChI is InChI=1S/C17H26ClN7O9P2/c18-17-21-14(20-10-5-23-1-3-24(10)4-2-23)11-15(22-17)25(7-19-11)16-13(27)12(26)9(34-16)6-33-36(31,32)8-35(28,29)30/h7,9-10,12-13,16,26-27H,1-6,8H2,(H,31,32)(H,20,21,22)(H2,28,29,30)/t9-,10?,12?,13+,16-/m1/s1. The molecule has 3 unspecified atom stereocenters. The number of nitrogens with one attached hydrogen (secondary N) is 1. The van der Waals surface area contributed by atoms with Gasteiger partial charge in [-0.05, 0) is 11.6 Å². The molecular formula is C17H26ClN7O9P2. The third kappa shape index (κ3) is 5.46. The van der Waals surface area contributed by atoms with Crippen molar-refractivity contribution in [1.82, 2.24) is 29.3 Å². The second kappa shape index (κ2) is 9.80. The highest BCUT2D eigenvalue weighted by molar-refractivity contribution is 7.70. The molecule has 0 aromatic carbocycles. The largest absolute Gasteiger partial charge is 0.387 e. The number of aliphatic hydroxyl groups is 2. The smallest absolute Gasteiger partial charge is 0.340 e. The van der Waals surface area contributed by atoms with Crippen molar-refractivity contribution in [1.29, 1.82) is 0 Å². The summed E-state index contributed by atoms with van der Waals surface area (Å²) < 4.78 is 34.7. The van der Waals surface area contributed by atoms with E-state index in [2.05, 4.69) is 30.1 Å². The Balaban J connectivity index is 1.34. The summed E-state index contributed by atoms with van der Waals surface area (Å²) in [7, 11) is -9.50. The molecule has 6 heterocycles. The SMILES string of the molecule is O=P(O)(O)CP(=O)(O)OC[C@H]1O[C@@H](n2cnc3c(NC4CN5CCN4CC5)nc(Cl)nc32)[C@@H](O)C1O. The molecule has 6 N–H and O–H groups in total. The summed E-state index contributed by atoms with van der Waals surface area (Å²) in [5, 5.41) is 24.3. The van der Waals surface area contributed by atoms with Crippen LogP contribution in [0.4, 0.5) is 5.82 Å². The number of hydrogen-bond donors (Lipinski definition) is 6. The summed E-state index contributed by atoms with van der Waals surface area (Å²) in [4.78, 5) is 45.0. The molecule has 2 aromatic rings. The average Bonchev–Trinajstić information content (AvgIpc) is 3.33. The van der Waals surface area contributed by atoms with Crippen LogP contribution in [0.5, 0.6) is 0 Å². The highest BCUT2D eigenvalue weighted by Gasteiger charge is 2.46. The minimum atomic E-state index is -4.82. The Morgan fingerprint density at radius 3 is 2.50 bits per heavy atom. The Bertz CT molecular complexity index is 1220. The van der Waals surface area contributed by atoms with Gasteiger partial charge in [0.2, 0.25) is 5.28 Å². The van der Waals surface area contributed by atoms with Crippen molar-refractivity contribution < 1.29 is 43.3 Å². The van der Waals surface area contributed by atoms with E-state index in [9.17, 15) is 24.2 Å². The fourth-order valence-electron chi connectivity index (χ4n) is 4.65. The van der Waals surface area contributed by atoms with Crippen molar-refractivity contribution in [3.05, 3.63) is 11.6 Å². The van der Waals surface area contributed by atoms with Crippen molar-refractivity contribution in [3.63, 3.8) is 0 Å². The first-order chi connectivity index (χ1) is 16.9. The average molecular weight is 570 g/mol. The molecule has 6 rings (SSSR count). The lowest BCUT2D eigenvalue weighted by Gasteiger charge is -2.47. The van der Waals surface area contributed by atoms with Crippen molar-refractivity contribution in [2.24, 2.45) is 0 Å². The normalized spacial score (nSPS) is 34.2. The van der Waals surface area contributed by atoms with Gasteiger partial charge in [-0.15, -0.1) is 0 Å². The molecule has 0 saturated carbocycles. The number of aliphatic hydroxyl groups excluding tert-OH is 2. The first-order valence-electron chi connectivity index (χ1n) is 11.1. The number of aromatic nitrogens is 4. The molecule has 6 atom stereocenters. The Morgan fingerprint density at radius 2 is 1.86 bits per heavy atom. The number of ether oxygens (including phenoxy) is 1. The summed E-state index contributed by atoms with van der Waals surface area (Å²) >= 11 is 6.18. The molecule has 0 spiro atoms. The van der Waals surface area contributed by atoms with Gasteiger partial charge < -0.3 is 39.5 Å². The molecule has 2 aromatic heterocycles. The molecule has 36 heavy (non-hydrogen) atoms. The number of rotatable bonds is 8. The van der Waals surface area contributed by atoms with Gasteiger partial charge in [0.25, 0.3) is 0 Å². The second-order valence-electron chi connectivity index (χ2n) is 8.95. The first kappa shape index (κ1) is 26.4. The zero-order chi connectivity index (χ0) is 25.8. The van der Waals surface area contributed by atoms with Crippen LogP contribution < -0.4 is 5.32 Å². The zero-order valence-corrected chi connectivity index (χ0v) is 21.3. The Kier molecular flexibility index (Phi) is 7.18. The van der Waals surface area contributed by atoms with E-state index in [1.54, 1.807) is 0 Å². The Labute approximate surface area is 209 Å². The summed E-state index contributed by atoms with van der Waals surface area (Å²) in [6.07, 6.45) is -4.20. The maximum absolute atomic E-state index is 11.9. The molecule has 200 valence electrons. The van der Waals surface area contributed by atoms with Crippen LogP contribution in [-0.4, -0.2) is 124 Å². The van der Waals surface area contributed by atoms with Gasteiger partial charge in [-0.25, -0.2) is 4.98 Å². The molecule has 4 aliphatic heterocycles. The molecule has 4 saturated heterocycles. The number of anilines is 1. The first-order valence-corrected chi connectivity index (χ1v) is 15.0. The summed E-state index contributed by atoms with van der Waals surface area (Å²) in [6.45, 7) is 3.95. The van der Waals surface area contributed by atoms with E-state index >= 15 is 0 Å². The van der Waals surface area contributed by atoms with Gasteiger partial charge in [0.15, 0.2) is 29.1 Å². The minimum Gasteiger partial charge on any atom is -0.387 e. The monoisotopic (exact) mass is 569 g/mol. The van der Waals surface area contributed by atoms with E-state index in [-0.39, 0.29) is 17.1 Å². The van der Waals surface area contributed by atoms with Gasteiger partial charge in [0.05, 0.1) is 19.1 Å². The highest BCUT2D eigenvalue weighted by atomic mass is 35.5. The zero-order valence-electron chi connectivity index (χ0n) is 18.7. The van der Waals surface area contributed by atoms with Crippen LogP contribution in [0.3, 0.4) is 0 Å². The van der Waals surface area contributed by atoms with Crippen LogP contribution in [0.2, 0.25) is 5.28 Å². The summed E-state index contributed by atoms with van der Waals surface area (Å²) in [6, 6.07) is 0. The van der Waals surface area contributed by atoms with Crippen molar-refractivity contribution in [2.75, 3.05) is 50.6 Å². The Hall–Kier alpha value is -1.26. The maximum atomic E-state index is 11.9. The topological polar surface area (TPSA) is 216 Å². The predicted molar refractivity (Wildman–Crippen MR) is 124 cm³/mol. The fraction of sp³-hybridized carbons (Fsp3) is 0.706. The lowest BCUT2D eigenvalue weighted by atomic mass is 10.1. The van der Waals surface area contributed by atoms with E-state index in [4.69, 9.17) is 30.6 Å². The molecule has 0 radical (unpaired) electrons. The van der Waals surface area contributed by atoms with Gasteiger partial charge in [-0.1, -0.05) is 0 Å². The molecule has 2 bridgehead atoms. The van der Waals surface area contributed by atoms with Gasteiger partial charge in [0.1, 0.15) is 18.3 Å². The van der Waals surface area contributed by atoms with Gasteiger partial charge >= 0.3 is 15.2 Å². The number of halogens is 1. The maximum Gasteiger partial charge on any atom is 0.340 e. The lowest BCUT2D eigenvalue weighted by molar-refractivity contribution is -0.0483.